The molecule has 0 aliphatic carbocycles. The lowest BCUT2D eigenvalue weighted by molar-refractivity contribution is 0.383. The van der Waals surface area contributed by atoms with E-state index in [2.05, 4.69) is 25.4 Å². The molecule has 3 heterocycles. The molecule has 0 unspecified atom stereocenters. The maximum Gasteiger partial charge on any atom is 0.218 e. The van der Waals surface area contributed by atoms with Gasteiger partial charge >= 0.3 is 0 Å². The normalized spacial score (nSPS) is 15.2. The Morgan fingerprint density at radius 1 is 0.900 bits per heavy atom. The van der Waals surface area contributed by atoms with Gasteiger partial charge in [0, 0.05) is 44.3 Å². The van der Waals surface area contributed by atoms with Gasteiger partial charge in [-0.3, -0.25) is 4.98 Å². The van der Waals surface area contributed by atoms with Gasteiger partial charge in [-0.25, -0.2) is 8.42 Å². The molecule has 1 aliphatic rings. The van der Waals surface area contributed by atoms with E-state index in [1.165, 1.54) is 0 Å². The molecule has 1 aromatic carbocycles. The number of rotatable bonds is 6. The van der Waals surface area contributed by atoms with Crippen LogP contribution in [-0.2, 0) is 15.8 Å². The standard InChI is InChI=1S/C21H24N6O2S/c1-17-2-4-18(5-3-17)16-30(28,29)27-14-12-26(13-15-27)21-7-6-20(24-25-21)23-19-8-10-22-11-9-19/h2-11H,12-16H2,1H3,(H,22,23,24). The van der Waals surface area contributed by atoms with Gasteiger partial charge in [0.2, 0.25) is 10.0 Å². The second kappa shape index (κ2) is 8.76. The summed E-state index contributed by atoms with van der Waals surface area (Å²) in [4.78, 5) is 6.04. The second-order valence-electron chi connectivity index (χ2n) is 7.27. The number of benzene rings is 1. The Labute approximate surface area is 176 Å². The number of hydrogen-bond acceptors (Lipinski definition) is 7. The van der Waals surface area contributed by atoms with Crippen LogP contribution in [0.2, 0.25) is 0 Å². The number of anilines is 3. The Hall–Kier alpha value is -3.04. The zero-order chi connectivity index (χ0) is 21.0. The van der Waals surface area contributed by atoms with Crippen molar-refractivity contribution in [3.05, 3.63) is 72.1 Å². The molecule has 156 valence electrons. The summed E-state index contributed by atoms with van der Waals surface area (Å²) in [5, 5.41) is 11.7. The van der Waals surface area contributed by atoms with Gasteiger partial charge < -0.3 is 10.2 Å². The van der Waals surface area contributed by atoms with E-state index in [0.717, 1.165) is 22.6 Å². The van der Waals surface area contributed by atoms with Crippen molar-refractivity contribution in [1.29, 1.82) is 0 Å². The molecular weight excluding hydrogens is 400 g/mol. The molecular formula is C21H24N6O2S. The summed E-state index contributed by atoms with van der Waals surface area (Å²) in [6.07, 6.45) is 3.41. The van der Waals surface area contributed by atoms with Crippen molar-refractivity contribution >= 4 is 27.3 Å². The van der Waals surface area contributed by atoms with E-state index < -0.39 is 10.0 Å². The number of aryl methyl sites for hydroxylation is 1. The number of nitrogens with zero attached hydrogens (tertiary/aromatic N) is 5. The first kappa shape index (κ1) is 20.2. The zero-order valence-electron chi connectivity index (χ0n) is 16.8. The fourth-order valence-corrected chi connectivity index (χ4v) is 4.84. The van der Waals surface area contributed by atoms with Crippen LogP contribution in [0.3, 0.4) is 0 Å². The minimum Gasteiger partial charge on any atom is -0.352 e. The lowest BCUT2D eigenvalue weighted by atomic mass is 10.2. The molecule has 0 bridgehead atoms. The minimum atomic E-state index is -3.34. The van der Waals surface area contributed by atoms with Gasteiger partial charge in [0.05, 0.1) is 5.75 Å². The van der Waals surface area contributed by atoms with E-state index in [4.69, 9.17) is 0 Å². The molecule has 9 heteroatoms. The van der Waals surface area contributed by atoms with Gasteiger partial charge in [-0.2, -0.15) is 4.31 Å². The van der Waals surface area contributed by atoms with Crippen LogP contribution in [0.15, 0.2) is 60.9 Å². The van der Waals surface area contributed by atoms with Crippen LogP contribution in [0.4, 0.5) is 17.3 Å². The van der Waals surface area contributed by atoms with Crippen LogP contribution in [0.5, 0.6) is 0 Å². The fraction of sp³-hybridized carbons (Fsp3) is 0.286. The molecule has 0 amide bonds. The quantitative estimate of drug-likeness (QED) is 0.650. The van der Waals surface area contributed by atoms with E-state index in [0.29, 0.717) is 32.0 Å². The first-order valence-corrected chi connectivity index (χ1v) is 11.4. The number of nitrogens with one attached hydrogen (secondary N) is 1. The third-order valence-corrected chi connectivity index (χ3v) is 6.88. The van der Waals surface area contributed by atoms with Crippen LogP contribution in [-0.4, -0.2) is 54.1 Å². The Kier molecular flexibility index (Phi) is 5.91. The molecule has 1 aliphatic heterocycles. The predicted molar refractivity (Wildman–Crippen MR) is 117 cm³/mol. The summed E-state index contributed by atoms with van der Waals surface area (Å²) >= 11 is 0. The van der Waals surface area contributed by atoms with Crippen molar-refractivity contribution in [2.45, 2.75) is 12.7 Å². The first-order valence-electron chi connectivity index (χ1n) is 9.79. The summed E-state index contributed by atoms with van der Waals surface area (Å²) in [5.74, 6) is 1.41. The van der Waals surface area contributed by atoms with Crippen molar-refractivity contribution in [3.8, 4) is 0 Å². The molecule has 0 spiro atoms. The summed E-state index contributed by atoms with van der Waals surface area (Å²) < 4.78 is 27.1. The van der Waals surface area contributed by atoms with E-state index in [9.17, 15) is 8.42 Å². The van der Waals surface area contributed by atoms with Crippen LogP contribution in [0.25, 0.3) is 0 Å². The van der Waals surface area contributed by atoms with Crippen LogP contribution in [0.1, 0.15) is 11.1 Å². The molecule has 1 saturated heterocycles. The van der Waals surface area contributed by atoms with Crippen molar-refractivity contribution in [2.24, 2.45) is 0 Å². The lowest BCUT2D eigenvalue weighted by Gasteiger charge is -2.34. The highest BCUT2D eigenvalue weighted by Gasteiger charge is 2.27. The summed E-state index contributed by atoms with van der Waals surface area (Å²) in [6.45, 7) is 4.03. The topological polar surface area (TPSA) is 91.3 Å². The first-order chi connectivity index (χ1) is 14.5. The maximum absolute atomic E-state index is 12.8. The van der Waals surface area contributed by atoms with Gasteiger partial charge in [-0.15, -0.1) is 10.2 Å². The summed E-state index contributed by atoms with van der Waals surface area (Å²) in [6, 6.07) is 15.1. The smallest absolute Gasteiger partial charge is 0.218 e. The second-order valence-corrected chi connectivity index (χ2v) is 9.23. The van der Waals surface area contributed by atoms with E-state index in [1.807, 2.05) is 55.5 Å². The Balaban J connectivity index is 1.34. The highest BCUT2D eigenvalue weighted by atomic mass is 32.2. The van der Waals surface area contributed by atoms with Crippen LogP contribution >= 0.6 is 0 Å². The summed E-state index contributed by atoms with van der Waals surface area (Å²) in [5.41, 5.74) is 2.82. The maximum atomic E-state index is 12.8. The van der Waals surface area contributed by atoms with Gasteiger partial charge in [-0.05, 0) is 36.8 Å². The van der Waals surface area contributed by atoms with Crippen LogP contribution in [0, 0.1) is 6.92 Å². The molecule has 4 rings (SSSR count). The van der Waals surface area contributed by atoms with Gasteiger partial charge in [-0.1, -0.05) is 29.8 Å². The van der Waals surface area contributed by atoms with E-state index >= 15 is 0 Å². The lowest BCUT2D eigenvalue weighted by Crippen LogP contribution is -2.49. The van der Waals surface area contributed by atoms with Crippen molar-refractivity contribution in [2.75, 3.05) is 36.4 Å². The van der Waals surface area contributed by atoms with Crippen molar-refractivity contribution in [1.82, 2.24) is 19.5 Å². The van der Waals surface area contributed by atoms with E-state index in [1.54, 1.807) is 16.7 Å². The predicted octanol–water partition coefficient (Wildman–Crippen LogP) is 2.58. The number of sulfonamides is 1. The highest BCUT2D eigenvalue weighted by molar-refractivity contribution is 7.88. The molecule has 30 heavy (non-hydrogen) atoms. The van der Waals surface area contributed by atoms with Gasteiger partial charge in [0.15, 0.2) is 11.6 Å². The molecule has 1 fully saturated rings. The van der Waals surface area contributed by atoms with Gasteiger partial charge in [0.25, 0.3) is 0 Å². The fourth-order valence-electron chi connectivity index (χ4n) is 3.33. The number of hydrogen-bond donors (Lipinski definition) is 1. The SMILES string of the molecule is Cc1ccc(CS(=O)(=O)N2CCN(c3ccc(Nc4ccncc4)nn3)CC2)cc1. The highest BCUT2D eigenvalue weighted by Crippen LogP contribution is 2.19. The zero-order valence-corrected chi connectivity index (χ0v) is 17.6. The molecule has 1 N–H and O–H groups in total. The summed E-state index contributed by atoms with van der Waals surface area (Å²) in [7, 11) is -3.34. The number of aromatic nitrogens is 3. The third kappa shape index (κ3) is 4.92. The molecule has 0 radical (unpaired) electrons. The van der Waals surface area contributed by atoms with E-state index in [-0.39, 0.29) is 5.75 Å². The molecule has 8 nitrogen and oxygen atoms in total. The average Bonchev–Trinajstić information content (AvgIpc) is 2.77. The Morgan fingerprint density at radius 3 is 2.23 bits per heavy atom. The molecule has 0 saturated carbocycles. The third-order valence-electron chi connectivity index (χ3n) is 5.03. The molecule has 3 aromatic rings. The minimum absolute atomic E-state index is 0.0302. The van der Waals surface area contributed by atoms with Crippen LogP contribution < -0.4 is 10.2 Å². The van der Waals surface area contributed by atoms with Crippen molar-refractivity contribution < 1.29 is 8.42 Å². The molecule has 2 aromatic heterocycles. The van der Waals surface area contributed by atoms with Gasteiger partial charge in [0.1, 0.15) is 0 Å². The van der Waals surface area contributed by atoms with Crippen molar-refractivity contribution in [3.63, 3.8) is 0 Å². The molecule has 0 atom stereocenters. The number of piperazine rings is 1. The average molecular weight is 425 g/mol. The largest absolute Gasteiger partial charge is 0.352 e. The monoisotopic (exact) mass is 424 g/mol. The number of pyridine rings is 1. The Bertz CT molecular complexity index is 1060. The Morgan fingerprint density at radius 2 is 1.60 bits per heavy atom.